The maximum Gasteiger partial charge on any atom is 0.410 e. The summed E-state index contributed by atoms with van der Waals surface area (Å²) in [5.74, 6) is -0.580. The molecule has 3 saturated heterocycles. The number of piperidine rings is 2. The first-order chi connectivity index (χ1) is 24.2. The molecule has 0 saturated carbocycles. The fourth-order valence-corrected chi connectivity index (χ4v) is 7.98. The van der Waals surface area contributed by atoms with E-state index in [0.29, 0.717) is 69.2 Å². The monoisotopic (exact) mass is 755 g/mol. The lowest BCUT2D eigenvalue weighted by Gasteiger charge is -2.43. The van der Waals surface area contributed by atoms with Crippen molar-refractivity contribution >= 4 is 45.6 Å². The number of amides is 5. The quantitative estimate of drug-likeness (QED) is 0.235. The zero-order valence-corrected chi connectivity index (χ0v) is 29.7. The minimum Gasteiger partial charge on any atom is -0.507 e. The number of phenols is 1. The number of nitrogens with one attached hydrogen (secondary N) is 2. The fraction of sp³-hybridized carbons (Fsp3) is 0.543. The highest BCUT2D eigenvalue weighted by Gasteiger charge is 2.36. The van der Waals surface area contributed by atoms with E-state index in [1.54, 1.807) is 33.5 Å². The molecule has 0 aromatic heterocycles. The molecule has 0 bridgehead atoms. The van der Waals surface area contributed by atoms with Gasteiger partial charge in [0, 0.05) is 83.1 Å². The second-order valence-electron chi connectivity index (χ2n) is 13.5. The third-order valence-corrected chi connectivity index (χ3v) is 11.1. The Bertz CT molecular complexity index is 1540. The van der Waals surface area contributed by atoms with Crippen molar-refractivity contribution in [3.8, 4) is 5.75 Å². The molecular weight excluding hydrogens is 710 g/mol. The van der Waals surface area contributed by atoms with E-state index < -0.39 is 18.1 Å². The summed E-state index contributed by atoms with van der Waals surface area (Å²) >= 11 is 3.35. The smallest absolute Gasteiger partial charge is 0.410 e. The largest absolute Gasteiger partial charge is 0.507 e. The molecule has 5 amide bonds. The number of phenolic OH excluding ortho intramolecular Hbond substituents is 1. The maximum absolute atomic E-state index is 14.0. The summed E-state index contributed by atoms with van der Waals surface area (Å²) in [4.78, 5) is 61.8. The van der Waals surface area contributed by atoms with Crippen molar-refractivity contribution in [2.24, 2.45) is 0 Å². The second kappa shape index (κ2) is 16.4. The van der Waals surface area contributed by atoms with Gasteiger partial charge in [0.2, 0.25) is 0 Å². The van der Waals surface area contributed by atoms with Gasteiger partial charge in [-0.05, 0) is 77.4 Å². The predicted octanol–water partition coefficient (Wildman–Crippen LogP) is 2.87. The number of para-hydroxylation sites is 1. The highest BCUT2D eigenvalue weighted by atomic mass is 79.9. The number of fused-ring (bicyclic) bond motifs is 1. The van der Waals surface area contributed by atoms with Crippen molar-refractivity contribution in [3.63, 3.8) is 0 Å². The Morgan fingerprint density at radius 2 is 1.60 bits per heavy atom. The number of likely N-dealkylation sites (tertiary alicyclic amines) is 2. The zero-order chi connectivity index (χ0) is 35.2. The fourth-order valence-electron chi connectivity index (χ4n) is 7.56. The first kappa shape index (κ1) is 35.9. The van der Waals surface area contributed by atoms with Gasteiger partial charge >= 0.3 is 12.1 Å². The van der Waals surface area contributed by atoms with Gasteiger partial charge in [-0.1, -0.05) is 24.3 Å². The van der Waals surface area contributed by atoms with Crippen molar-refractivity contribution in [3.05, 3.63) is 58.1 Å². The molecule has 0 radical (unpaired) electrons. The number of benzene rings is 2. The number of ether oxygens (including phenoxy) is 1. The van der Waals surface area contributed by atoms with E-state index >= 15 is 0 Å². The number of rotatable bonds is 8. The number of hydroxylamine groups is 1. The van der Waals surface area contributed by atoms with Gasteiger partial charge in [-0.25, -0.2) is 15.1 Å². The van der Waals surface area contributed by atoms with Gasteiger partial charge in [0.05, 0.1) is 11.0 Å². The van der Waals surface area contributed by atoms with E-state index in [9.17, 15) is 24.3 Å². The minimum absolute atomic E-state index is 0.0105. The predicted molar refractivity (Wildman–Crippen MR) is 188 cm³/mol. The number of piperazine rings is 1. The van der Waals surface area contributed by atoms with E-state index in [1.165, 1.54) is 0 Å². The number of urea groups is 1. The van der Waals surface area contributed by atoms with Crippen LogP contribution in [0.15, 0.2) is 46.9 Å². The number of halogens is 1. The topological polar surface area (TPSA) is 158 Å². The molecular formula is C35H46BrN7O7. The Hall–Kier alpha value is -3.92. The lowest BCUT2D eigenvalue weighted by molar-refractivity contribution is -0.143. The van der Waals surface area contributed by atoms with E-state index in [0.717, 1.165) is 49.2 Å². The van der Waals surface area contributed by atoms with Crippen LogP contribution in [0.1, 0.15) is 36.8 Å². The van der Waals surface area contributed by atoms with Crippen LogP contribution in [0.2, 0.25) is 0 Å². The molecule has 2 aromatic carbocycles. The SMILES string of the molecule is O=C(CN1CCC(N2CCN(C(=O)C(Cc3ccc(O)c(Br)c3)OC(=O)N3CCC(N4CCc5ccccc5NC4=O)CC3)CC2)CC1)NO. The van der Waals surface area contributed by atoms with Gasteiger partial charge in [0.1, 0.15) is 5.75 Å². The Labute approximate surface area is 300 Å². The number of carbonyl (C=O) groups is 4. The molecule has 1 unspecified atom stereocenters. The van der Waals surface area contributed by atoms with Gasteiger partial charge in [0.15, 0.2) is 6.10 Å². The number of nitrogens with zero attached hydrogens (tertiary/aromatic N) is 5. The molecule has 1 atom stereocenters. The highest BCUT2D eigenvalue weighted by molar-refractivity contribution is 9.10. The summed E-state index contributed by atoms with van der Waals surface area (Å²) in [5.41, 5.74) is 4.38. The van der Waals surface area contributed by atoms with Gasteiger partial charge in [-0.2, -0.15) is 0 Å². The summed E-state index contributed by atoms with van der Waals surface area (Å²) in [6, 6.07) is 13.0. The average Bonchev–Trinajstić information content (AvgIpc) is 3.31. The van der Waals surface area contributed by atoms with Crippen molar-refractivity contribution in [1.82, 2.24) is 30.0 Å². The maximum atomic E-state index is 14.0. The minimum atomic E-state index is -1.04. The molecule has 50 heavy (non-hydrogen) atoms. The van der Waals surface area contributed by atoms with Crippen LogP contribution in [-0.2, 0) is 27.2 Å². The molecule has 15 heteroatoms. The van der Waals surface area contributed by atoms with Gasteiger partial charge in [-0.15, -0.1) is 0 Å². The van der Waals surface area contributed by atoms with Crippen LogP contribution in [-0.4, -0.2) is 142 Å². The van der Waals surface area contributed by atoms with Crippen molar-refractivity contribution in [2.45, 2.75) is 56.7 Å². The van der Waals surface area contributed by atoms with Crippen LogP contribution in [0, 0.1) is 0 Å². The molecule has 4 heterocycles. The van der Waals surface area contributed by atoms with Crippen LogP contribution in [0.3, 0.4) is 0 Å². The summed E-state index contributed by atoms with van der Waals surface area (Å²) in [7, 11) is 0. The summed E-state index contributed by atoms with van der Waals surface area (Å²) in [5, 5.41) is 21.9. The Morgan fingerprint density at radius 1 is 0.900 bits per heavy atom. The van der Waals surface area contributed by atoms with Crippen molar-refractivity contribution in [1.29, 1.82) is 0 Å². The van der Waals surface area contributed by atoms with E-state index in [4.69, 9.17) is 9.94 Å². The Kier molecular flexibility index (Phi) is 11.8. The highest BCUT2D eigenvalue weighted by Crippen LogP contribution is 2.28. The van der Waals surface area contributed by atoms with E-state index in [1.807, 2.05) is 34.1 Å². The Morgan fingerprint density at radius 3 is 2.30 bits per heavy atom. The van der Waals surface area contributed by atoms with Crippen LogP contribution in [0.4, 0.5) is 15.3 Å². The average molecular weight is 757 g/mol. The van der Waals surface area contributed by atoms with Crippen LogP contribution in [0.25, 0.3) is 0 Å². The second-order valence-corrected chi connectivity index (χ2v) is 14.4. The molecule has 270 valence electrons. The standard InChI is InChI=1S/C35H46BrN7O7/c36-28-21-24(5-6-30(28)44)22-31(33(46)41-19-17-40(18-20-41)26-8-12-39(13-9-26)23-32(45)38-49)50-35(48)42-14-10-27(11-15-42)43-16-7-25-3-1-2-4-29(25)37-34(43)47/h1-6,21,26-27,31,44,49H,7-20,22-23H2,(H,37,47)(H,38,45). The van der Waals surface area contributed by atoms with Gasteiger partial charge in [-0.3, -0.25) is 24.6 Å². The molecule has 4 N–H and O–H groups in total. The third kappa shape index (κ3) is 8.68. The number of hydrogen-bond donors (Lipinski definition) is 4. The van der Waals surface area contributed by atoms with Crippen LogP contribution in [0.5, 0.6) is 5.75 Å². The number of anilines is 1. The molecule has 4 aliphatic heterocycles. The summed E-state index contributed by atoms with van der Waals surface area (Å²) in [6.07, 6.45) is 2.34. The van der Waals surface area contributed by atoms with Crippen molar-refractivity contribution in [2.75, 3.05) is 70.8 Å². The zero-order valence-electron chi connectivity index (χ0n) is 28.1. The summed E-state index contributed by atoms with van der Waals surface area (Å²) < 4.78 is 6.49. The molecule has 0 aliphatic carbocycles. The number of aromatic hydroxyl groups is 1. The number of carbonyl (C=O) groups excluding carboxylic acids is 4. The van der Waals surface area contributed by atoms with Crippen LogP contribution >= 0.6 is 15.9 Å². The lowest BCUT2D eigenvalue weighted by atomic mass is 10.0. The van der Waals surface area contributed by atoms with Crippen molar-refractivity contribution < 1.29 is 34.2 Å². The third-order valence-electron chi connectivity index (χ3n) is 10.4. The normalized spacial score (nSPS) is 20.4. The molecule has 6 rings (SSSR count). The molecule has 0 spiro atoms. The Balaban J connectivity index is 1.04. The molecule has 2 aromatic rings. The van der Waals surface area contributed by atoms with E-state index in [-0.39, 0.29) is 36.7 Å². The first-order valence-electron chi connectivity index (χ1n) is 17.4. The molecule has 4 aliphatic rings. The van der Waals surface area contributed by atoms with Crippen LogP contribution < -0.4 is 10.8 Å². The van der Waals surface area contributed by atoms with E-state index in [2.05, 4.69) is 26.1 Å². The summed E-state index contributed by atoms with van der Waals surface area (Å²) in [6.45, 7) is 5.52. The first-order valence-corrected chi connectivity index (χ1v) is 18.2. The lowest BCUT2D eigenvalue weighted by Crippen LogP contribution is -2.57. The van der Waals surface area contributed by atoms with Gasteiger partial charge in [0.25, 0.3) is 11.8 Å². The molecule has 14 nitrogen and oxygen atoms in total. The van der Waals surface area contributed by atoms with Gasteiger partial charge < -0.3 is 29.9 Å². The molecule has 3 fully saturated rings. The number of hydrogen-bond acceptors (Lipinski definition) is 9.